The Morgan fingerprint density at radius 3 is 1.79 bits per heavy atom. The van der Waals surface area contributed by atoms with E-state index < -0.39 is 6.23 Å². The summed E-state index contributed by atoms with van der Waals surface area (Å²) < 4.78 is 0. The van der Waals surface area contributed by atoms with Crippen LogP contribution in [-0.2, 0) is 0 Å². The zero-order chi connectivity index (χ0) is 34.0. The molecule has 10 heteroatoms. The lowest BCUT2D eigenvalue weighted by Gasteiger charge is -2.38. The Bertz CT molecular complexity index is 2230. The third-order valence-electron chi connectivity index (χ3n) is 10.2. The van der Waals surface area contributed by atoms with E-state index in [-0.39, 0.29) is 29.8 Å². The number of rotatable bonds is 10. The highest BCUT2D eigenvalue weighted by Gasteiger charge is 2.40. The summed E-state index contributed by atoms with van der Waals surface area (Å²) in [6.45, 7) is 8.04. The number of fused-ring (bicyclic) bond motifs is 2. The molecule has 5 aromatic carbocycles. The Morgan fingerprint density at radius 1 is 0.708 bits per heavy atom. The van der Waals surface area contributed by atoms with Gasteiger partial charge in [-0.1, -0.05) is 57.7 Å². The number of aliphatic hydroxyl groups is 1. The molecule has 3 amide bonds. The summed E-state index contributed by atoms with van der Waals surface area (Å²) in [4.78, 5) is 54.3. The number of hydrogen-bond acceptors (Lipinski definition) is 8. The fraction of sp³-hybridized carbons (Fsp3) is 0.342. The number of thiocarbonyl (C=S) groups is 2. The molecule has 0 aliphatic carbocycles. The van der Waals surface area contributed by atoms with Crippen LogP contribution in [0.2, 0.25) is 0 Å². The molecule has 1 N–H and O–H groups in total. The van der Waals surface area contributed by atoms with Crippen molar-refractivity contribution >= 4 is 107 Å². The van der Waals surface area contributed by atoms with Crippen LogP contribution in [0.5, 0.6) is 0 Å². The van der Waals surface area contributed by atoms with E-state index in [9.17, 15) is 19.5 Å². The summed E-state index contributed by atoms with van der Waals surface area (Å²) in [6, 6.07) is 10.4. The van der Waals surface area contributed by atoms with Crippen LogP contribution in [0, 0.1) is 0 Å². The van der Waals surface area contributed by atoms with Gasteiger partial charge in [-0.05, 0) is 85.5 Å². The van der Waals surface area contributed by atoms with Gasteiger partial charge in [0, 0.05) is 50.1 Å². The van der Waals surface area contributed by atoms with Gasteiger partial charge < -0.3 is 10.0 Å². The van der Waals surface area contributed by atoms with Crippen molar-refractivity contribution in [3.05, 3.63) is 58.7 Å². The van der Waals surface area contributed by atoms with Crippen molar-refractivity contribution in [2.75, 3.05) is 0 Å². The van der Waals surface area contributed by atoms with Gasteiger partial charge in [0.1, 0.15) is 0 Å². The van der Waals surface area contributed by atoms with Crippen LogP contribution >= 0.6 is 24.4 Å². The molecule has 242 valence electrons. The summed E-state index contributed by atoms with van der Waals surface area (Å²) in [5, 5.41) is 22.0. The molecule has 7 rings (SSSR count). The molecular formula is C38H34N4O4S2. The van der Waals surface area contributed by atoms with Gasteiger partial charge in [0.15, 0.2) is 6.23 Å². The molecule has 0 bridgehead atoms. The first kappa shape index (κ1) is 32.1. The van der Waals surface area contributed by atoms with E-state index in [1.54, 1.807) is 23.1 Å². The summed E-state index contributed by atoms with van der Waals surface area (Å²) >= 11 is 10.2. The van der Waals surface area contributed by atoms with Crippen LogP contribution in [0.25, 0.3) is 43.1 Å². The maximum absolute atomic E-state index is 14.2. The number of carbonyl (C=O) groups excluding carboxylic acids is 3. The quantitative estimate of drug-likeness (QED) is 0.0521. The average Bonchev–Trinajstić information content (AvgIpc) is 3.07. The van der Waals surface area contributed by atoms with Crippen molar-refractivity contribution in [3.8, 4) is 0 Å². The van der Waals surface area contributed by atoms with Crippen LogP contribution in [0.1, 0.15) is 109 Å². The predicted octanol–water partition coefficient (Wildman–Crippen LogP) is 9.41. The average molecular weight is 675 g/mol. The summed E-state index contributed by atoms with van der Waals surface area (Å²) in [6.07, 6.45) is 4.06. The van der Waals surface area contributed by atoms with Crippen molar-refractivity contribution in [2.24, 2.45) is 9.98 Å². The van der Waals surface area contributed by atoms with Crippen molar-refractivity contribution in [3.63, 3.8) is 0 Å². The Morgan fingerprint density at radius 2 is 1.25 bits per heavy atom. The SMILES string of the molecule is CCCCC(C)N1C(=O)c2cc(N=C=S)c3c4ccc5c6c(ccc(c7c(N=C=S)cc(c2c37)C1=O)c64)C(O)N(C(C)CCCC)C5=O. The predicted molar refractivity (Wildman–Crippen MR) is 197 cm³/mol. The Balaban J connectivity index is 1.62. The van der Waals surface area contributed by atoms with Crippen molar-refractivity contribution in [1.82, 2.24) is 9.80 Å². The number of benzene rings is 5. The summed E-state index contributed by atoms with van der Waals surface area (Å²) in [5.41, 5.74) is 2.66. The van der Waals surface area contributed by atoms with Crippen LogP contribution in [0.3, 0.4) is 0 Å². The highest BCUT2D eigenvalue weighted by Crippen LogP contribution is 2.52. The normalized spacial score (nSPS) is 17.0. The zero-order valence-corrected chi connectivity index (χ0v) is 28.8. The molecule has 2 heterocycles. The van der Waals surface area contributed by atoms with Crippen LogP contribution in [0.4, 0.5) is 11.4 Å². The van der Waals surface area contributed by atoms with Gasteiger partial charge in [0.05, 0.1) is 32.8 Å². The fourth-order valence-electron chi connectivity index (χ4n) is 7.96. The lowest BCUT2D eigenvalue weighted by Crippen LogP contribution is -2.45. The van der Waals surface area contributed by atoms with E-state index in [0.29, 0.717) is 67.0 Å². The number of nitrogens with zero attached hydrogens (tertiary/aromatic N) is 4. The standard InChI is InChI=1S/C38H34N4O4S2/c1-5-7-9-19(3)41-35(43)23-13-11-21-29-22(12-14-24(30(23)29)36(41)44)33-28(40-18-48)16-26-31-25(15-27(39-17-47)32(21)34(31)33)37(45)42(38(26)46)20(4)10-8-6-2/h11-16,19-20,35,43H,5-10H2,1-4H3. The Kier molecular flexibility index (Phi) is 8.18. The first-order valence-electron chi connectivity index (χ1n) is 16.5. The van der Waals surface area contributed by atoms with Crippen molar-refractivity contribution in [1.29, 1.82) is 0 Å². The van der Waals surface area contributed by atoms with Gasteiger partial charge in [0.25, 0.3) is 17.7 Å². The summed E-state index contributed by atoms with van der Waals surface area (Å²) in [7, 11) is 0. The van der Waals surface area contributed by atoms with Gasteiger partial charge in [0.2, 0.25) is 0 Å². The first-order valence-corrected chi connectivity index (χ1v) is 17.3. The first-order chi connectivity index (χ1) is 23.2. The van der Waals surface area contributed by atoms with Crippen LogP contribution < -0.4 is 0 Å². The molecule has 0 spiro atoms. The van der Waals surface area contributed by atoms with Gasteiger partial charge in [-0.15, -0.1) is 0 Å². The number of imide groups is 1. The minimum absolute atomic E-state index is 0.161. The van der Waals surface area contributed by atoms with Gasteiger partial charge in [-0.3, -0.25) is 19.3 Å². The largest absolute Gasteiger partial charge is 0.369 e. The third kappa shape index (κ3) is 4.48. The van der Waals surface area contributed by atoms with Crippen LogP contribution in [0.15, 0.2) is 46.4 Å². The molecule has 3 unspecified atom stereocenters. The molecule has 0 aromatic heterocycles. The summed E-state index contributed by atoms with van der Waals surface area (Å²) in [5.74, 6) is -1.01. The molecule has 0 radical (unpaired) electrons. The Hall–Kier alpha value is -4.43. The maximum atomic E-state index is 14.2. The van der Waals surface area contributed by atoms with Gasteiger partial charge >= 0.3 is 0 Å². The number of aliphatic hydroxyl groups excluding tert-OH is 1. The number of amides is 3. The second kappa shape index (κ2) is 12.2. The molecule has 5 aromatic rings. The molecule has 0 saturated carbocycles. The van der Waals surface area contributed by atoms with Gasteiger partial charge in [-0.25, -0.2) is 0 Å². The number of aliphatic imine (C=N–C) groups is 2. The van der Waals surface area contributed by atoms with E-state index in [0.717, 1.165) is 48.3 Å². The molecule has 0 saturated heterocycles. The zero-order valence-electron chi connectivity index (χ0n) is 27.2. The second-order valence-electron chi connectivity index (χ2n) is 13.0. The molecule has 2 aliphatic heterocycles. The lowest BCUT2D eigenvalue weighted by molar-refractivity contribution is -0.0141. The molecule has 8 nitrogen and oxygen atoms in total. The van der Waals surface area contributed by atoms with E-state index in [4.69, 9.17) is 24.4 Å². The van der Waals surface area contributed by atoms with E-state index >= 15 is 0 Å². The molecule has 0 fully saturated rings. The van der Waals surface area contributed by atoms with Gasteiger partial charge in [-0.2, -0.15) is 9.98 Å². The molecule has 2 aliphatic rings. The maximum Gasteiger partial charge on any atom is 0.261 e. The lowest BCUT2D eigenvalue weighted by atomic mass is 9.80. The van der Waals surface area contributed by atoms with Crippen LogP contribution in [-0.4, -0.2) is 55.0 Å². The second-order valence-corrected chi connectivity index (χ2v) is 13.3. The molecule has 48 heavy (non-hydrogen) atoms. The number of unbranched alkanes of at least 4 members (excludes halogenated alkanes) is 2. The van der Waals surface area contributed by atoms with E-state index in [1.165, 1.54) is 4.90 Å². The smallest absolute Gasteiger partial charge is 0.261 e. The fourth-order valence-corrected chi connectivity index (χ4v) is 8.15. The van der Waals surface area contributed by atoms with E-state index in [1.807, 2.05) is 32.0 Å². The minimum atomic E-state index is -1.13. The number of isothiocyanates is 2. The molecule has 3 atom stereocenters. The van der Waals surface area contributed by atoms with Crippen molar-refractivity contribution in [2.45, 2.75) is 84.5 Å². The number of hydrogen-bond donors (Lipinski definition) is 1. The Labute approximate surface area is 288 Å². The van der Waals surface area contributed by atoms with E-state index in [2.05, 4.69) is 34.2 Å². The molecular weight excluding hydrogens is 641 g/mol. The third-order valence-corrected chi connectivity index (χ3v) is 10.4. The monoisotopic (exact) mass is 674 g/mol. The number of carbonyl (C=O) groups is 3. The minimum Gasteiger partial charge on any atom is -0.369 e. The highest BCUT2D eigenvalue weighted by molar-refractivity contribution is 7.78. The highest BCUT2D eigenvalue weighted by atomic mass is 32.1. The van der Waals surface area contributed by atoms with Crippen molar-refractivity contribution < 1.29 is 19.5 Å². The topological polar surface area (TPSA) is 103 Å².